The highest BCUT2D eigenvalue weighted by Gasteiger charge is 2.46. The summed E-state index contributed by atoms with van der Waals surface area (Å²) in [5.41, 5.74) is 0.704. The molecule has 1 amide bonds. The van der Waals surface area contributed by atoms with Crippen LogP contribution in [0.3, 0.4) is 0 Å². The van der Waals surface area contributed by atoms with Gasteiger partial charge in [0.05, 0.1) is 12.1 Å². The number of carboxylic acid groups (broad SMARTS) is 1. The smallest absolute Gasteiger partial charge is 0.407 e. The molecule has 0 radical (unpaired) electrons. The van der Waals surface area contributed by atoms with E-state index >= 15 is 0 Å². The first kappa shape index (κ1) is 18.8. The Bertz CT molecular complexity index is 889. The van der Waals surface area contributed by atoms with Crippen molar-refractivity contribution in [2.24, 2.45) is 0 Å². The van der Waals surface area contributed by atoms with Crippen molar-refractivity contribution in [1.82, 2.24) is 19.9 Å². The van der Waals surface area contributed by atoms with Crippen molar-refractivity contribution in [3.8, 4) is 11.4 Å². The number of piperazine rings is 1. The third-order valence-corrected chi connectivity index (χ3v) is 5.48. The number of amides is 1. The molecular formula is C16H13Cl4N5O2. The molecule has 2 bridgehead atoms. The van der Waals surface area contributed by atoms with Gasteiger partial charge in [-0.05, 0) is 30.7 Å². The van der Waals surface area contributed by atoms with Crippen molar-refractivity contribution < 1.29 is 9.90 Å². The molecule has 1 N–H and O–H groups in total. The van der Waals surface area contributed by atoms with E-state index in [4.69, 9.17) is 46.4 Å². The highest BCUT2D eigenvalue weighted by Crippen LogP contribution is 2.39. The molecule has 2 saturated heterocycles. The summed E-state index contributed by atoms with van der Waals surface area (Å²) in [6.07, 6.45) is -0.196. The van der Waals surface area contributed by atoms with E-state index in [1.165, 1.54) is 4.90 Å². The molecule has 1 aromatic carbocycles. The molecule has 0 aliphatic carbocycles. The van der Waals surface area contributed by atoms with Crippen molar-refractivity contribution in [3.63, 3.8) is 0 Å². The molecule has 2 fully saturated rings. The number of rotatable bonds is 2. The number of fused-ring (bicyclic) bond motifs is 2. The lowest BCUT2D eigenvalue weighted by molar-refractivity contribution is 0.137. The van der Waals surface area contributed by atoms with Crippen molar-refractivity contribution in [3.05, 3.63) is 35.1 Å². The van der Waals surface area contributed by atoms with Crippen LogP contribution >= 0.6 is 46.4 Å². The van der Waals surface area contributed by atoms with Crippen molar-refractivity contribution in [1.29, 1.82) is 0 Å². The molecule has 2 aliphatic rings. The molecule has 7 nitrogen and oxygen atoms in total. The van der Waals surface area contributed by atoms with Gasteiger partial charge < -0.3 is 14.9 Å². The number of hydrogen-bond acceptors (Lipinski definition) is 5. The summed E-state index contributed by atoms with van der Waals surface area (Å²) in [5, 5.41) is 9.84. The maximum Gasteiger partial charge on any atom is 0.407 e. The van der Waals surface area contributed by atoms with E-state index in [1.54, 1.807) is 24.3 Å². The Labute approximate surface area is 174 Å². The van der Waals surface area contributed by atoms with E-state index in [9.17, 15) is 9.90 Å². The minimum absolute atomic E-state index is 0.0142. The van der Waals surface area contributed by atoms with Gasteiger partial charge in [0.1, 0.15) is 0 Å². The molecule has 2 unspecified atom stereocenters. The molecular weight excluding hydrogens is 436 g/mol. The van der Waals surface area contributed by atoms with Crippen LogP contribution in [0.5, 0.6) is 0 Å². The van der Waals surface area contributed by atoms with Crippen LogP contribution in [0.15, 0.2) is 24.3 Å². The van der Waals surface area contributed by atoms with E-state index in [0.29, 0.717) is 35.4 Å². The van der Waals surface area contributed by atoms with Crippen LogP contribution in [0.25, 0.3) is 11.4 Å². The van der Waals surface area contributed by atoms with Gasteiger partial charge in [-0.1, -0.05) is 46.4 Å². The number of aromatic nitrogens is 3. The SMILES string of the molecule is O=C(O)N1CC2CC1CN2c1nc(-c2ccc(Cl)cc2)nc(C(Cl)(Cl)Cl)n1. The molecule has 0 spiro atoms. The Morgan fingerprint density at radius 3 is 2.33 bits per heavy atom. The fraction of sp³-hybridized carbons (Fsp3) is 0.375. The Hall–Kier alpha value is -1.54. The quantitative estimate of drug-likeness (QED) is 0.700. The van der Waals surface area contributed by atoms with E-state index in [2.05, 4.69) is 15.0 Å². The lowest BCUT2D eigenvalue weighted by Gasteiger charge is -2.33. The van der Waals surface area contributed by atoms with Gasteiger partial charge in [0.2, 0.25) is 9.74 Å². The zero-order valence-electron chi connectivity index (χ0n) is 13.7. The van der Waals surface area contributed by atoms with Gasteiger partial charge in [-0.2, -0.15) is 9.97 Å². The van der Waals surface area contributed by atoms with Gasteiger partial charge in [0.15, 0.2) is 11.6 Å². The second-order valence-electron chi connectivity index (χ2n) is 6.42. The van der Waals surface area contributed by atoms with Gasteiger partial charge in [0, 0.05) is 23.7 Å². The Morgan fingerprint density at radius 2 is 1.78 bits per heavy atom. The number of nitrogens with zero attached hydrogens (tertiary/aromatic N) is 5. The maximum absolute atomic E-state index is 11.3. The minimum Gasteiger partial charge on any atom is -0.465 e. The number of likely N-dealkylation sites (tertiary alicyclic amines) is 1. The van der Waals surface area contributed by atoms with Crippen molar-refractivity contribution in [2.45, 2.75) is 22.3 Å². The fourth-order valence-electron chi connectivity index (χ4n) is 3.49. The Morgan fingerprint density at radius 1 is 1.07 bits per heavy atom. The molecule has 2 atom stereocenters. The fourth-order valence-corrected chi connectivity index (χ4v) is 3.87. The van der Waals surface area contributed by atoms with E-state index in [0.717, 1.165) is 6.42 Å². The summed E-state index contributed by atoms with van der Waals surface area (Å²) in [6, 6.07) is 6.86. The van der Waals surface area contributed by atoms with Crippen LogP contribution in [-0.4, -0.2) is 56.2 Å². The highest BCUT2D eigenvalue weighted by atomic mass is 35.6. The van der Waals surface area contributed by atoms with Crippen molar-refractivity contribution in [2.75, 3.05) is 18.0 Å². The van der Waals surface area contributed by atoms with Crippen LogP contribution in [0, 0.1) is 0 Å². The monoisotopic (exact) mass is 447 g/mol. The first-order valence-corrected chi connectivity index (χ1v) is 9.59. The normalized spacial score (nSPS) is 21.8. The van der Waals surface area contributed by atoms with Gasteiger partial charge in [0.25, 0.3) is 0 Å². The predicted octanol–water partition coefficient (Wildman–Crippen LogP) is 3.96. The highest BCUT2D eigenvalue weighted by molar-refractivity contribution is 6.66. The summed E-state index contributed by atoms with van der Waals surface area (Å²) >= 11 is 24.0. The van der Waals surface area contributed by atoms with Crippen LogP contribution < -0.4 is 4.90 Å². The van der Waals surface area contributed by atoms with Crippen LogP contribution in [-0.2, 0) is 3.79 Å². The van der Waals surface area contributed by atoms with Gasteiger partial charge in [-0.15, -0.1) is 0 Å². The second-order valence-corrected chi connectivity index (χ2v) is 9.14. The molecule has 0 saturated carbocycles. The molecule has 11 heteroatoms. The Kier molecular flexibility index (Phi) is 4.74. The lowest BCUT2D eigenvalue weighted by atomic mass is 10.2. The summed E-state index contributed by atoms with van der Waals surface area (Å²) in [4.78, 5) is 27.8. The number of benzene rings is 1. The van der Waals surface area contributed by atoms with E-state index < -0.39 is 9.89 Å². The number of anilines is 1. The summed E-state index contributed by atoms with van der Waals surface area (Å²) in [6.45, 7) is 0.880. The summed E-state index contributed by atoms with van der Waals surface area (Å²) < 4.78 is -1.81. The standard InChI is InChI=1S/C16H13Cl4N5O2/c17-9-3-1-8(2-4-9)12-21-13(16(18,19)20)23-14(22-12)24-6-11-5-10(24)7-25(11)15(26)27/h1-4,10-11H,5-7H2,(H,26,27). The van der Waals surface area contributed by atoms with Gasteiger partial charge >= 0.3 is 6.09 Å². The average Bonchev–Trinajstić information content (AvgIpc) is 3.22. The lowest BCUT2D eigenvalue weighted by Crippen LogP contribution is -2.49. The summed E-state index contributed by atoms with van der Waals surface area (Å²) in [7, 11) is 0. The van der Waals surface area contributed by atoms with Crippen LogP contribution in [0.1, 0.15) is 12.2 Å². The average molecular weight is 449 g/mol. The first-order chi connectivity index (χ1) is 12.7. The minimum atomic E-state index is -1.81. The molecule has 3 heterocycles. The van der Waals surface area contributed by atoms with Gasteiger partial charge in [-0.25, -0.2) is 9.78 Å². The molecule has 27 heavy (non-hydrogen) atoms. The number of alkyl halides is 3. The topological polar surface area (TPSA) is 82.5 Å². The third-order valence-electron chi connectivity index (χ3n) is 4.72. The molecule has 142 valence electrons. The third kappa shape index (κ3) is 3.61. The second kappa shape index (κ2) is 6.81. The Balaban J connectivity index is 1.72. The largest absolute Gasteiger partial charge is 0.465 e. The molecule has 4 rings (SSSR count). The maximum atomic E-state index is 11.3. The number of hydrogen-bond donors (Lipinski definition) is 1. The molecule has 2 aromatic rings. The summed E-state index contributed by atoms with van der Waals surface area (Å²) in [5.74, 6) is 0.741. The van der Waals surface area contributed by atoms with Gasteiger partial charge in [-0.3, -0.25) is 0 Å². The zero-order chi connectivity index (χ0) is 19.3. The predicted molar refractivity (Wildman–Crippen MR) is 104 cm³/mol. The van der Waals surface area contributed by atoms with E-state index in [1.807, 2.05) is 4.90 Å². The van der Waals surface area contributed by atoms with Crippen LogP contribution in [0.4, 0.5) is 10.7 Å². The molecule has 1 aromatic heterocycles. The van der Waals surface area contributed by atoms with E-state index in [-0.39, 0.29) is 17.9 Å². The zero-order valence-corrected chi connectivity index (χ0v) is 16.7. The first-order valence-electron chi connectivity index (χ1n) is 8.08. The number of carbonyl (C=O) groups is 1. The molecule has 2 aliphatic heterocycles. The van der Waals surface area contributed by atoms with Crippen LogP contribution in [0.2, 0.25) is 5.02 Å². The number of halogens is 4. The van der Waals surface area contributed by atoms with Crippen molar-refractivity contribution >= 4 is 58.4 Å².